The number of anilines is 1. The highest BCUT2D eigenvalue weighted by Crippen LogP contribution is 2.39. The number of carboxylic acids is 1. The van der Waals surface area contributed by atoms with Crippen molar-refractivity contribution in [1.82, 2.24) is 15.1 Å². The molecule has 20 heavy (non-hydrogen) atoms. The molecule has 8 heteroatoms. The monoisotopic (exact) mass is 280 g/mol. The highest BCUT2D eigenvalue weighted by Gasteiger charge is 2.31. The number of carboxylic acid groups (broad SMARTS) is 1. The molecular formula is C12H16N4O4. The molecule has 8 nitrogen and oxygen atoms in total. The first-order chi connectivity index (χ1) is 9.61. The molecule has 1 aromatic heterocycles. The largest absolute Gasteiger partial charge is 0.481 e. The zero-order chi connectivity index (χ0) is 14.1. The Balaban J connectivity index is 1.48. The molecule has 0 bridgehead atoms. The second-order valence-corrected chi connectivity index (χ2v) is 5.33. The Morgan fingerprint density at radius 1 is 1.35 bits per heavy atom. The topological polar surface area (TPSA) is 109 Å². The molecule has 1 unspecified atom stereocenters. The van der Waals surface area contributed by atoms with E-state index in [0.717, 1.165) is 12.8 Å². The van der Waals surface area contributed by atoms with E-state index in [0.29, 0.717) is 31.3 Å². The number of rotatable bonds is 5. The molecule has 1 atom stereocenters. The fourth-order valence-corrected chi connectivity index (χ4v) is 2.32. The Morgan fingerprint density at radius 3 is 2.80 bits per heavy atom. The van der Waals surface area contributed by atoms with Gasteiger partial charge in [0.05, 0.1) is 12.5 Å². The fourth-order valence-electron chi connectivity index (χ4n) is 2.32. The van der Waals surface area contributed by atoms with E-state index in [1.165, 1.54) is 0 Å². The Hall–Kier alpha value is -1.96. The van der Waals surface area contributed by atoms with Gasteiger partial charge in [-0.15, -0.1) is 5.10 Å². The van der Waals surface area contributed by atoms with Crippen molar-refractivity contribution >= 4 is 17.9 Å². The summed E-state index contributed by atoms with van der Waals surface area (Å²) in [6.45, 7) is 1.16. The van der Waals surface area contributed by atoms with Crippen molar-refractivity contribution in [3.05, 3.63) is 5.89 Å². The summed E-state index contributed by atoms with van der Waals surface area (Å²) in [6, 6.07) is 0.117. The van der Waals surface area contributed by atoms with Crippen molar-refractivity contribution in [2.75, 3.05) is 25.0 Å². The third kappa shape index (κ3) is 2.96. The molecule has 2 fully saturated rings. The summed E-state index contributed by atoms with van der Waals surface area (Å²) in [7, 11) is 0. The molecule has 0 spiro atoms. The first kappa shape index (κ1) is 13.0. The third-order valence-corrected chi connectivity index (χ3v) is 3.60. The quantitative estimate of drug-likeness (QED) is 0.798. The summed E-state index contributed by atoms with van der Waals surface area (Å²) in [5, 5.41) is 19.1. The van der Waals surface area contributed by atoms with Crippen LogP contribution in [0.15, 0.2) is 4.42 Å². The van der Waals surface area contributed by atoms with E-state index in [4.69, 9.17) is 9.52 Å². The maximum atomic E-state index is 11.8. The molecule has 1 amide bonds. The lowest BCUT2D eigenvalue weighted by atomic mass is 10.1. The van der Waals surface area contributed by atoms with Gasteiger partial charge in [-0.05, 0) is 25.8 Å². The van der Waals surface area contributed by atoms with Crippen LogP contribution < -0.4 is 5.32 Å². The van der Waals surface area contributed by atoms with Crippen molar-refractivity contribution in [1.29, 1.82) is 0 Å². The molecule has 1 aromatic rings. The molecule has 1 saturated heterocycles. The van der Waals surface area contributed by atoms with Gasteiger partial charge in [-0.3, -0.25) is 19.8 Å². The van der Waals surface area contributed by atoms with Gasteiger partial charge in [0, 0.05) is 12.5 Å². The average Bonchev–Trinajstić information content (AvgIpc) is 2.96. The number of aromatic nitrogens is 2. The molecule has 2 N–H and O–H groups in total. The van der Waals surface area contributed by atoms with Crippen LogP contribution in [0.4, 0.5) is 6.01 Å². The van der Waals surface area contributed by atoms with E-state index >= 15 is 0 Å². The first-order valence-electron chi connectivity index (χ1n) is 6.70. The summed E-state index contributed by atoms with van der Waals surface area (Å²) in [5.41, 5.74) is 0. The molecule has 0 radical (unpaired) electrons. The molecule has 1 aliphatic carbocycles. The van der Waals surface area contributed by atoms with Crippen molar-refractivity contribution in [2.45, 2.75) is 25.2 Å². The van der Waals surface area contributed by atoms with Crippen molar-refractivity contribution < 1.29 is 19.1 Å². The van der Waals surface area contributed by atoms with Gasteiger partial charge < -0.3 is 9.52 Å². The number of likely N-dealkylation sites (tertiary alicyclic amines) is 1. The van der Waals surface area contributed by atoms with Crippen molar-refractivity contribution in [3.63, 3.8) is 0 Å². The number of carbonyl (C=O) groups is 2. The van der Waals surface area contributed by atoms with E-state index in [9.17, 15) is 9.59 Å². The minimum Gasteiger partial charge on any atom is -0.481 e. The van der Waals surface area contributed by atoms with Crippen LogP contribution in [0.25, 0.3) is 0 Å². The summed E-state index contributed by atoms with van der Waals surface area (Å²) in [4.78, 5) is 24.5. The number of hydrogen-bond donors (Lipinski definition) is 2. The van der Waals surface area contributed by atoms with E-state index in [-0.39, 0.29) is 24.4 Å². The number of hydrogen-bond acceptors (Lipinski definition) is 6. The predicted molar refractivity (Wildman–Crippen MR) is 67.1 cm³/mol. The molecule has 108 valence electrons. The Bertz CT molecular complexity index is 525. The van der Waals surface area contributed by atoms with Crippen molar-refractivity contribution in [2.24, 2.45) is 5.92 Å². The number of amides is 1. The molecule has 2 aliphatic rings. The van der Waals surface area contributed by atoms with Crippen LogP contribution in [0, 0.1) is 5.92 Å². The number of carbonyl (C=O) groups excluding carboxylic acids is 1. The molecule has 1 aliphatic heterocycles. The molecular weight excluding hydrogens is 264 g/mol. The van der Waals surface area contributed by atoms with Gasteiger partial charge >= 0.3 is 12.0 Å². The second kappa shape index (κ2) is 5.20. The van der Waals surface area contributed by atoms with Gasteiger partial charge in [0.15, 0.2) is 0 Å². The van der Waals surface area contributed by atoms with Gasteiger partial charge in [0.1, 0.15) is 0 Å². The minimum absolute atomic E-state index is 0.117. The lowest BCUT2D eigenvalue weighted by Gasteiger charge is -2.13. The molecule has 1 saturated carbocycles. The van der Waals surface area contributed by atoms with E-state index in [2.05, 4.69) is 15.5 Å². The second-order valence-electron chi connectivity index (χ2n) is 5.33. The first-order valence-corrected chi connectivity index (χ1v) is 6.70. The van der Waals surface area contributed by atoms with E-state index in [1.807, 2.05) is 4.90 Å². The standard InChI is InChI=1S/C12H16N4O4/c17-9(6-16-4-3-8(5-16)11(18)19)13-12-15-14-10(20-12)7-1-2-7/h7-8H,1-6H2,(H,18,19)(H,13,15,17). The van der Waals surface area contributed by atoms with Gasteiger partial charge in [0.2, 0.25) is 11.8 Å². The van der Waals surface area contributed by atoms with Crippen LogP contribution in [0.5, 0.6) is 0 Å². The van der Waals surface area contributed by atoms with E-state index in [1.54, 1.807) is 0 Å². The van der Waals surface area contributed by atoms with Gasteiger partial charge in [-0.1, -0.05) is 5.10 Å². The Kier molecular flexibility index (Phi) is 3.39. The minimum atomic E-state index is -0.807. The fraction of sp³-hybridized carbons (Fsp3) is 0.667. The smallest absolute Gasteiger partial charge is 0.322 e. The van der Waals surface area contributed by atoms with Crippen LogP contribution in [0.1, 0.15) is 31.1 Å². The normalized spacial score (nSPS) is 22.9. The summed E-state index contributed by atoms with van der Waals surface area (Å²) in [5.74, 6) is -0.524. The molecule has 3 rings (SSSR count). The molecule has 2 heterocycles. The number of aliphatic carboxylic acids is 1. The maximum absolute atomic E-state index is 11.8. The predicted octanol–water partition coefficient (Wildman–Crippen LogP) is 0.292. The van der Waals surface area contributed by atoms with Crippen LogP contribution in [0.2, 0.25) is 0 Å². The lowest BCUT2D eigenvalue weighted by Crippen LogP contribution is -2.32. The highest BCUT2D eigenvalue weighted by atomic mass is 16.4. The highest BCUT2D eigenvalue weighted by molar-refractivity contribution is 5.90. The van der Waals surface area contributed by atoms with Crippen LogP contribution >= 0.6 is 0 Å². The number of nitrogens with one attached hydrogen (secondary N) is 1. The summed E-state index contributed by atoms with van der Waals surface area (Å²) in [6.07, 6.45) is 2.69. The average molecular weight is 280 g/mol. The third-order valence-electron chi connectivity index (χ3n) is 3.60. The van der Waals surface area contributed by atoms with Gasteiger partial charge in [0.25, 0.3) is 0 Å². The molecule has 0 aromatic carbocycles. The van der Waals surface area contributed by atoms with Crippen molar-refractivity contribution in [3.8, 4) is 0 Å². The summed E-state index contributed by atoms with van der Waals surface area (Å²) >= 11 is 0. The van der Waals surface area contributed by atoms with Crippen LogP contribution in [-0.4, -0.2) is 51.7 Å². The SMILES string of the molecule is O=C(CN1CCC(C(=O)O)C1)Nc1nnc(C2CC2)o1. The Morgan fingerprint density at radius 2 is 2.15 bits per heavy atom. The van der Waals surface area contributed by atoms with E-state index < -0.39 is 5.97 Å². The Labute approximate surface area is 115 Å². The summed E-state index contributed by atoms with van der Waals surface area (Å²) < 4.78 is 5.34. The van der Waals surface area contributed by atoms with Crippen LogP contribution in [0.3, 0.4) is 0 Å². The lowest BCUT2D eigenvalue weighted by molar-refractivity contribution is -0.141. The number of nitrogens with zero attached hydrogens (tertiary/aromatic N) is 3. The maximum Gasteiger partial charge on any atom is 0.322 e. The van der Waals surface area contributed by atoms with Gasteiger partial charge in [-0.25, -0.2) is 0 Å². The zero-order valence-corrected chi connectivity index (χ0v) is 10.9. The van der Waals surface area contributed by atoms with Gasteiger partial charge in [-0.2, -0.15) is 0 Å². The van der Waals surface area contributed by atoms with Crippen LogP contribution in [-0.2, 0) is 9.59 Å². The zero-order valence-electron chi connectivity index (χ0n) is 10.9.